The van der Waals surface area contributed by atoms with E-state index in [0.717, 1.165) is 15.7 Å². The fourth-order valence-corrected chi connectivity index (χ4v) is 1.93. The number of hydrogen-bond acceptors (Lipinski definition) is 2. The first-order valence-electron chi connectivity index (χ1n) is 5.28. The lowest BCUT2D eigenvalue weighted by atomic mass is 10.2. The quantitative estimate of drug-likeness (QED) is 0.823. The first kappa shape index (κ1) is 14.1. The molecule has 3 nitrogen and oxygen atoms in total. The molecule has 5 heteroatoms. The lowest BCUT2D eigenvalue weighted by Gasteiger charge is -2.12. The number of thiocarbonyl (C=S) groups is 1. The minimum Gasteiger partial charge on any atom is -0.331 e. The van der Waals surface area contributed by atoms with E-state index in [1.165, 1.54) is 0 Å². The molecule has 1 rings (SSSR count). The second-order valence-corrected chi connectivity index (χ2v) is 5.34. The smallest absolute Gasteiger partial charge is 0.228 e. The van der Waals surface area contributed by atoms with Gasteiger partial charge in [0.2, 0.25) is 5.91 Å². The Bertz CT molecular complexity index is 446. The first-order chi connectivity index (χ1) is 7.90. The molecule has 0 aromatic heterocycles. The van der Waals surface area contributed by atoms with Gasteiger partial charge in [0.1, 0.15) is 0 Å². The van der Waals surface area contributed by atoms with Crippen LogP contribution >= 0.6 is 28.1 Å². The number of carbonyl (C=O) groups is 1. The summed E-state index contributed by atoms with van der Waals surface area (Å²) in [6.07, 6.45) is 0. The molecule has 0 heterocycles. The van der Waals surface area contributed by atoms with Crippen molar-refractivity contribution in [3.63, 3.8) is 0 Å². The summed E-state index contributed by atoms with van der Waals surface area (Å²) in [5.74, 6) is -0.179. The topological polar surface area (TPSA) is 41.1 Å². The van der Waals surface area contributed by atoms with Gasteiger partial charge < -0.3 is 10.6 Å². The van der Waals surface area contributed by atoms with Gasteiger partial charge in [-0.15, -0.1) is 0 Å². The van der Waals surface area contributed by atoms with Crippen LogP contribution in [0.1, 0.15) is 19.4 Å². The number of aryl methyl sites for hydroxylation is 1. The van der Waals surface area contributed by atoms with Crippen molar-refractivity contribution in [2.24, 2.45) is 5.92 Å². The van der Waals surface area contributed by atoms with Gasteiger partial charge in [-0.25, -0.2) is 0 Å². The van der Waals surface area contributed by atoms with Crippen LogP contribution in [-0.4, -0.2) is 11.0 Å². The SMILES string of the molecule is Cc1ccc(NC(=S)NC(=O)C(C)C)c(Br)c1. The molecular formula is C12H15BrN2OS. The van der Waals surface area contributed by atoms with E-state index in [1.54, 1.807) is 0 Å². The zero-order valence-corrected chi connectivity index (χ0v) is 12.4. The van der Waals surface area contributed by atoms with Crippen molar-refractivity contribution in [1.29, 1.82) is 0 Å². The number of anilines is 1. The minimum atomic E-state index is -0.0919. The molecule has 2 N–H and O–H groups in total. The van der Waals surface area contributed by atoms with Crippen LogP contribution in [0.15, 0.2) is 22.7 Å². The average molecular weight is 315 g/mol. The zero-order chi connectivity index (χ0) is 13.0. The Morgan fingerprint density at radius 3 is 2.59 bits per heavy atom. The molecule has 0 aliphatic rings. The molecule has 0 aliphatic carbocycles. The van der Waals surface area contributed by atoms with Crippen molar-refractivity contribution in [3.05, 3.63) is 28.2 Å². The van der Waals surface area contributed by atoms with Crippen LogP contribution < -0.4 is 10.6 Å². The predicted octanol–water partition coefficient (Wildman–Crippen LogP) is 3.23. The van der Waals surface area contributed by atoms with E-state index in [-0.39, 0.29) is 11.8 Å². The fraction of sp³-hybridized carbons (Fsp3) is 0.333. The van der Waals surface area contributed by atoms with E-state index in [9.17, 15) is 4.79 Å². The number of benzene rings is 1. The Morgan fingerprint density at radius 2 is 2.06 bits per heavy atom. The molecule has 17 heavy (non-hydrogen) atoms. The van der Waals surface area contributed by atoms with E-state index in [0.29, 0.717) is 5.11 Å². The minimum absolute atomic E-state index is 0.0868. The van der Waals surface area contributed by atoms with Crippen LogP contribution in [0.5, 0.6) is 0 Å². The van der Waals surface area contributed by atoms with E-state index >= 15 is 0 Å². The summed E-state index contributed by atoms with van der Waals surface area (Å²) in [7, 11) is 0. The van der Waals surface area contributed by atoms with Crippen molar-refractivity contribution in [2.75, 3.05) is 5.32 Å². The maximum atomic E-state index is 11.4. The van der Waals surface area contributed by atoms with E-state index in [1.807, 2.05) is 39.0 Å². The number of carbonyl (C=O) groups excluding carboxylic acids is 1. The van der Waals surface area contributed by atoms with Gasteiger partial charge in [-0.1, -0.05) is 19.9 Å². The summed E-state index contributed by atoms with van der Waals surface area (Å²) in [5, 5.41) is 5.92. The number of hydrogen-bond donors (Lipinski definition) is 2. The number of halogens is 1. The Labute approximate surface area is 115 Å². The maximum absolute atomic E-state index is 11.4. The van der Waals surface area contributed by atoms with Crippen LogP contribution in [0.25, 0.3) is 0 Å². The highest BCUT2D eigenvalue weighted by atomic mass is 79.9. The Morgan fingerprint density at radius 1 is 1.41 bits per heavy atom. The first-order valence-corrected chi connectivity index (χ1v) is 6.48. The summed E-state index contributed by atoms with van der Waals surface area (Å²) >= 11 is 8.50. The van der Waals surface area contributed by atoms with Gasteiger partial charge in [-0.3, -0.25) is 4.79 Å². The molecular weight excluding hydrogens is 300 g/mol. The third kappa shape index (κ3) is 4.44. The van der Waals surface area contributed by atoms with Crippen LogP contribution in [0.3, 0.4) is 0 Å². The van der Waals surface area contributed by atoms with Gasteiger partial charge in [0.15, 0.2) is 5.11 Å². The van der Waals surface area contributed by atoms with Gasteiger partial charge in [-0.2, -0.15) is 0 Å². The number of nitrogens with one attached hydrogen (secondary N) is 2. The Balaban J connectivity index is 2.65. The van der Waals surface area contributed by atoms with Crippen molar-refractivity contribution in [1.82, 2.24) is 5.32 Å². The molecule has 0 unspecified atom stereocenters. The van der Waals surface area contributed by atoms with E-state index in [2.05, 4.69) is 26.6 Å². The van der Waals surface area contributed by atoms with Crippen molar-refractivity contribution in [2.45, 2.75) is 20.8 Å². The van der Waals surface area contributed by atoms with E-state index in [4.69, 9.17) is 12.2 Å². The highest BCUT2D eigenvalue weighted by molar-refractivity contribution is 9.10. The normalized spacial score (nSPS) is 10.2. The molecule has 1 aromatic rings. The third-order valence-electron chi connectivity index (χ3n) is 2.13. The lowest BCUT2D eigenvalue weighted by Crippen LogP contribution is -2.36. The fourth-order valence-electron chi connectivity index (χ4n) is 1.13. The van der Waals surface area contributed by atoms with Gasteiger partial charge in [0.25, 0.3) is 0 Å². The van der Waals surface area contributed by atoms with Crippen molar-refractivity contribution >= 4 is 44.9 Å². The molecule has 92 valence electrons. The molecule has 0 atom stereocenters. The summed E-state index contributed by atoms with van der Waals surface area (Å²) in [6.45, 7) is 5.65. The van der Waals surface area contributed by atoms with Crippen LogP contribution in [0.2, 0.25) is 0 Å². The van der Waals surface area contributed by atoms with Gasteiger partial charge in [0.05, 0.1) is 5.69 Å². The predicted molar refractivity (Wildman–Crippen MR) is 78.1 cm³/mol. The molecule has 1 aromatic carbocycles. The van der Waals surface area contributed by atoms with Gasteiger partial charge in [-0.05, 0) is 52.8 Å². The number of rotatable bonds is 2. The van der Waals surface area contributed by atoms with Crippen molar-refractivity contribution in [3.8, 4) is 0 Å². The molecule has 0 saturated carbocycles. The second kappa shape index (κ2) is 6.12. The van der Waals surface area contributed by atoms with Gasteiger partial charge in [0, 0.05) is 10.4 Å². The molecule has 1 amide bonds. The molecule has 0 radical (unpaired) electrons. The monoisotopic (exact) mass is 314 g/mol. The second-order valence-electron chi connectivity index (χ2n) is 4.08. The van der Waals surface area contributed by atoms with Crippen LogP contribution in [0.4, 0.5) is 5.69 Å². The summed E-state index contributed by atoms with van der Waals surface area (Å²) < 4.78 is 0.915. The average Bonchev–Trinajstić information content (AvgIpc) is 2.22. The largest absolute Gasteiger partial charge is 0.331 e. The number of amides is 1. The van der Waals surface area contributed by atoms with Gasteiger partial charge >= 0.3 is 0 Å². The summed E-state index contributed by atoms with van der Waals surface area (Å²) in [4.78, 5) is 11.4. The Hall–Kier alpha value is -0.940. The molecule has 0 saturated heterocycles. The third-order valence-corrected chi connectivity index (χ3v) is 2.99. The highest BCUT2D eigenvalue weighted by Gasteiger charge is 2.09. The van der Waals surface area contributed by atoms with Crippen LogP contribution in [-0.2, 0) is 4.79 Å². The van der Waals surface area contributed by atoms with Crippen LogP contribution in [0, 0.1) is 12.8 Å². The molecule has 0 aliphatic heterocycles. The lowest BCUT2D eigenvalue weighted by molar-refractivity contribution is -0.122. The molecule has 0 spiro atoms. The van der Waals surface area contributed by atoms with E-state index < -0.39 is 0 Å². The Kier molecular flexibility index (Phi) is 5.08. The molecule has 0 bridgehead atoms. The summed E-state index contributed by atoms with van der Waals surface area (Å²) in [6, 6.07) is 5.86. The highest BCUT2D eigenvalue weighted by Crippen LogP contribution is 2.23. The van der Waals surface area contributed by atoms with Crippen molar-refractivity contribution < 1.29 is 4.79 Å². The zero-order valence-electron chi connectivity index (χ0n) is 10.0. The maximum Gasteiger partial charge on any atom is 0.228 e. The standard InChI is InChI=1S/C12H15BrN2OS/c1-7(2)11(16)15-12(17)14-10-5-4-8(3)6-9(10)13/h4-7H,1-3H3,(H2,14,15,16,17). The molecule has 0 fully saturated rings. The summed E-state index contributed by atoms with van der Waals surface area (Å²) in [5.41, 5.74) is 1.99.